The van der Waals surface area contributed by atoms with Gasteiger partial charge in [0.2, 0.25) is 0 Å². The van der Waals surface area contributed by atoms with Crippen molar-refractivity contribution in [3.63, 3.8) is 0 Å². The van der Waals surface area contributed by atoms with Gasteiger partial charge in [0.1, 0.15) is 5.56 Å². The molecule has 0 spiro atoms. The SMILES string of the molecule is CCOC(=O)c1ccc(NC(=O)c2ccc([N+](=O)[O-])cc2[N+](=O)[O-])cc1. The average Bonchev–Trinajstić information content (AvgIpc) is 2.61. The predicted molar refractivity (Wildman–Crippen MR) is 90.1 cm³/mol. The first-order valence-electron chi connectivity index (χ1n) is 7.35. The lowest BCUT2D eigenvalue weighted by molar-refractivity contribution is -0.394. The van der Waals surface area contributed by atoms with Crippen molar-refractivity contribution in [1.82, 2.24) is 0 Å². The fourth-order valence-corrected chi connectivity index (χ4v) is 2.08. The fraction of sp³-hybridized carbons (Fsp3) is 0.125. The summed E-state index contributed by atoms with van der Waals surface area (Å²) in [6, 6.07) is 8.46. The van der Waals surface area contributed by atoms with Crippen molar-refractivity contribution in [2.75, 3.05) is 11.9 Å². The van der Waals surface area contributed by atoms with Gasteiger partial charge in [0.15, 0.2) is 0 Å². The van der Waals surface area contributed by atoms with E-state index in [0.29, 0.717) is 0 Å². The van der Waals surface area contributed by atoms with Crippen molar-refractivity contribution in [3.8, 4) is 0 Å². The lowest BCUT2D eigenvalue weighted by Gasteiger charge is -2.07. The number of carbonyl (C=O) groups is 2. The summed E-state index contributed by atoms with van der Waals surface area (Å²) in [4.78, 5) is 44.0. The van der Waals surface area contributed by atoms with E-state index >= 15 is 0 Å². The number of anilines is 1. The number of nitrogens with zero attached hydrogens (tertiary/aromatic N) is 2. The minimum Gasteiger partial charge on any atom is -0.462 e. The Hall–Kier alpha value is -3.82. The van der Waals surface area contributed by atoms with Crippen LogP contribution in [0.25, 0.3) is 0 Å². The van der Waals surface area contributed by atoms with Crippen LogP contribution < -0.4 is 5.32 Å². The zero-order valence-corrected chi connectivity index (χ0v) is 13.5. The molecule has 10 heteroatoms. The van der Waals surface area contributed by atoms with E-state index in [9.17, 15) is 29.8 Å². The second kappa shape index (κ2) is 7.83. The van der Waals surface area contributed by atoms with Crippen molar-refractivity contribution in [2.45, 2.75) is 6.92 Å². The Balaban J connectivity index is 2.23. The zero-order valence-electron chi connectivity index (χ0n) is 13.5. The minimum absolute atomic E-state index is 0.223. The molecule has 134 valence electrons. The first-order valence-corrected chi connectivity index (χ1v) is 7.35. The molecule has 2 rings (SSSR count). The summed E-state index contributed by atoms with van der Waals surface area (Å²) in [5, 5.41) is 24.2. The second-order valence-corrected chi connectivity index (χ2v) is 4.97. The Morgan fingerprint density at radius 2 is 1.69 bits per heavy atom. The molecule has 1 N–H and O–H groups in total. The number of benzene rings is 2. The molecule has 2 aromatic carbocycles. The fourth-order valence-electron chi connectivity index (χ4n) is 2.08. The first kappa shape index (κ1) is 18.5. The molecule has 0 aliphatic carbocycles. The van der Waals surface area contributed by atoms with E-state index in [2.05, 4.69) is 5.32 Å². The van der Waals surface area contributed by atoms with E-state index in [1.54, 1.807) is 6.92 Å². The maximum atomic E-state index is 12.3. The molecule has 1 amide bonds. The van der Waals surface area contributed by atoms with Gasteiger partial charge in [-0.15, -0.1) is 0 Å². The molecule has 0 saturated carbocycles. The Labute approximate surface area is 146 Å². The van der Waals surface area contributed by atoms with E-state index in [1.165, 1.54) is 24.3 Å². The quantitative estimate of drug-likeness (QED) is 0.474. The van der Waals surface area contributed by atoms with Crippen LogP contribution in [0, 0.1) is 20.2 Å². The van der Waals surface area contributed by atoms with Crippen LogP contribution in [0.4, 0.5) is 17.1 Å². The van der Waals surface area contributed by atoms with Crippen LogP contribution >= 0.6 is 0 Å². The van der Waals surface area contributed by atoms with Gasteiger partial charge in [-0.2, -0.15) is 0 Å². The van der Waals surface area contributed by atoms with E-state index in [0.717, 1.165) is 18.2 Å². The Kier molecular flexibility index (Phi) is 5.58. The summed E-state index contributed by atoms with van der Waals surface area (Å²) in [7, 11) is 0. The highest BCUT2D eigenvalue weighted by atomic mass is 16.6. The van der Waals surface area contributed by atoms with E-state index < -0.39 is 33.1 Å². The van der Waals surface area contributed by atoms with Crippen LogP contribution in [0.3, 0.4) is 0 Å². The molecule has 0 aromatic heterocycles. The number of nitrogens with one attached hydrogen (secondary N) is 1. The lowest BCUT2D eigenvalue weighted by atomic mass is 10.1. The molecule has 0 radical (unpaired) electrons. The third-order valence-electron chi connectivity index (χ3n) is 3.29. The number of ether oxygens (including phenoxy) is 1. The molecule has 2 aromatic rings. The molecule has 0 fully saturated rings. The molecule has 26 heavy (non-hydrogen) atoms. The molecule has 0 aliphatic rings. The van der Waals surface area contributed by atoms with E-state index in [-0.39, 0.29) is 23.4 Å². The standard InChI is InChI=1S/C16H13N3O7/c1-2-26-16(21)10-3-5-11(6-4-10)17-15(20)13-8-7-12(18(22)23)9-14(13)19(24)25/h3-9H,2H2,1H3,(H,17,20). The highest BCUT2D eigenvalue weighted by molar-refractivity contribution is 6.07. The summed E-state index contributed by atoms with van der Waals surface area (Å²) >= 11 is 0. The van der Waals surface area contributed by atoms with Crippen molar-refractivity contribution in [2.24, 2.45) is 0 Å². The van der Waals surface area contributed by atoms with Gasteiger partial charge in [0.25, 0.3) is 17.3 Å². The van der Waals surface area contributed by atoms with Crippen LogP contribution in [0.5, 0.6) is 0 Å². The molecular formula is C16H13N3O7. The number of rotatable bonds is 6. The number of hydrogen-bond acceptors (Lipinski definition) is 7. The van der Waals surface area contributed by atoms with Gasteiger partial charge < -0.3 is 10.1 Å². The zero-order chi connectivity index (χ0) is 19.3. The van der Waals surface area contributed by atoms with Gasteiger partial charge in [0, 0.05) is 11.8 Å². The first-order chi connectivity index (χ1) is 12.3. The van der Waals surface area contributed by atoms with Crippen LogP contribution in [0.15, 0.2) is 42.5 Å². The van der Waals surface area contributed by atoms with Gasteiger partial charge >= 0.3 is 5.97 Å². The number of nitro groups is 2. The second-order valence-electron chi connectivity index (χ2n) is 4.97. The molecule has 0 aliphatic heterocycles. The number of nitro benzene ring substituents is 2. The molecule has 0 heterocycles. The molecule has 0 bridgehead atoms. The highest BCUT2D eigenvalue weighted by Crippen LogP contribution is 2.25. The molecule has 0 saturated heterocycles. The normalized spacial score (nSPS) is 10.0. The summed E-state index contributed by atoms with van der Waals surface area (Å²) in [6.45, 7) is 1.89. The van der Waals surface area contributed by atoms with Gasteiger partial charge in [0.05, 0.1) is 28.1 Å². The number of hydrogen-bond donors (Lipinski definition) is 1. The smallest absolute Gasteiger partial charge is 0.338 e. The summed E-state index contributed by atoms with van der Waals surface area (Å²) < 4.78 is 4.83. The van der Waals surface area contributed by atoms with Gasteiger partial charge in [-0.25, -0.2) is 4.79 Å². The van der Waals surface area contributed by atoms with Crippen LogP contribution in [0.1, 0.15) is 27.6 Å². The van der Waals surface area contributed by atoms with Gasteiger partial charge in [-0.3, -0.25) is 25.0 Å². The summed E-state index contributed by atoms with van der Waals surface area (Å²) in [6.07, 6.45) is 0. The third kappa shape index (κ3) is 4.17. The number of carbonyl (C=O) groups excluding carboxylic acids is 2. The summed E-state index contributed by atoms with van der Waals surface area (Å²) in [5.74, 6) is -1.33. The Morgan fingerprint density at radius 3 is 2.23 bits per heavy atom. The van der Waals surface area contributed by atoms with Crippen LogP contribution in [-0.2, 0) is 4.74 Å². The van der Waals surface area contributed by atoms with Crippen molar-refractivity contribution < 1.29 is 24.2 Å². The number of amides is 1. The molecule has 10 nitrogen and oxygen atoms in total. The van der Waals surface area contributed by atoms with Crippen LogP contribution in [-0.4, -0.2) is 28.3 Å². The Morgan fingerprint density at radius 1 is 1.04 bits per heavy atom. The van der Waals surface area contributed by atoms with Gasteiger partial charge in [-0.1, -0.05) is 0 Å². The maximum Gasteiger partial charge on any atom is 0.338 e. The molecule has 0 atom stereocenters. The van der Waals surface area contributed by atoms with Crippen molar-refractivity contribution in [1.29, 1.82) is 0 Å². The predicted octanol–water partition coefficient (Wildman–Crippen LogP) is 2.93. The van der Waals surface area contributed by atoms with Crippen LogP contribution in [0.2, 0.25) is 0 Å². The monoisotopic (exact) mass is 359 g/mol. The van der Waals surface area contributed by atoms with E-state index in [4.69, 9.17) is 4.74 Å². The average molecular weight is 359 g/mol. The summed E-state index contributed by atoms with van der Waals surface area (Å²) in [5.41, 5.74) is -0.927. The minimum atomic E-state index is -0.869. The number of esters is 1. The van der Waals surface area contributed by atoms with E-state index in [1.807, 2.05) is 0 Å². The van der Waals surface area contributed by atoms with Crippen molar-refractivity contribution in [3.05, 3.63) is 73.8 Å². The molecular weight excluding hydrogens is 346 g/mol. The number of non-ortho nitro benzene ring substituents is 1. The highest BCUT2D eigenvalue weighted by Gasteiger charge is 2.24. The largest absolute Gasteiger partial charge is 0.462 e. The lowest BCUT2D eigenvalue weighted by Crippen LogP contribution is -2.14. The maximum absolute atomic E-state index is 12.3. The topological polar surface area (TPSA) is 142 Å². The molecule has 0 unspecified atom stereocenters. The Bertz CT molecular complexity index is 878. The van der Waals surface area contributed by atoms with Gasteiger partial charge in [-0.05, 0) is 37.3 Å². The third-order valence-corrected chi connectivity index (χ3v) is 3.29. The van der Waals surface area contributed by atoms with Crippen molar-refractivity contribution >= 4 is 28.9 Å².